The third-order valence-electron chi connectivity index (χ3n) is 4.59. The number of aryl methyl sites for hydroxylation is 1. The number of anilines is 2. The summed E-state index contributed by atoms with van der Waals surface area (Å²) in [5.41, 5.74) is -0.0181. The Balaban J connectivity index is 0.000000229. The summed E-state index contributed by atoms with van der Waals surface area (Å²) in [5.74, 6) is -0.362. The van der Waals surface area contributed by atoms with E-state index < -0.39 is 29.4 Å². The van der Waals surface area contributed by atoms with Crippen molar-refractivity contribution in [3.05, 3.63) is 64.9 Å². The molecule has 0 atom stereocenters. The van der Waals surface area contributed by atoms with E-state index in [0.29, 0.717) is 13.1 Å². The second-order valence-electron chi connectivity index (χ2n) is 7.34. The maximum Gasteiger partial charge on any atom is 0.419 e. The second kappa shape index (κ2) is 10.1. The van der Waals surface area contributed by atoms with Gasteiger partial charge in [-0.2, -0.15) is 26.3 Å². The minimum atomic E-state index is -4.39. The zero-order valence-electron chi connectivity index (χ0n) is 17.7. The predicted octanol–water partition coefficient (Wildman–Crippen LogP) is 6.23. The first-order chi connectivity index (χ1) is 14.8. The highest BCUT2D eigenvalue weighted by Gasteiger charge is 2.36. The standard InChI is InChI=1S/C12H13F3N2.C10H10F3NO/c1-9-4-3-7-17(8-9)11-10(12(13,14)15)5-2-6-16-11;1-6-3-4-8(14-7(2)15)5-9(6)10(11,12)13/h2,4-6H,3,7-8H2,1H3;3-5H,1-2H3,(H,14,15). The quantitative estimate of drug-likeness (QED) is 0.428. The highest BCUT2D eigenvalue weighted by Crippen LogP contribution is 2.36. The molecular weight excluding hydrogens is 436 g/mol. The van der Waals surface area contributed by atoms with Crippen molar-refractivity contribution in [3.63, 3.8) is 0 Å². The summed E-state index contributed by atoms with van der Waals surface area (Å²) in [5, 5.41) is 2.31. The fourth-order valence-corrected chi connectivity index (χ4v) is 3.17. The van der Waals surface area contributed by atoms with Gasteiger partial charge in [-0.05, 0) is 50.1 Å². The van der Waals surface area contributed by atoms with Gasteiger partial charge in [0.1, 0.15) is 5.82 Å². The minimum absolute atomic E-state index is 0.0347. The number of hydrogen-bond acceptors (Lipinski definition) is 3. The summed E-state index contributed by atoms with van der Waals surface area (Å²) in [6.45, 7) is 5.63. The molecule has 0 aliphatic carbocycles. The lowest BCUT2D eigenvalue weighted by Gasteiger charge is -2.29. The Morgan fingerprint density at radius 1 is 1.03 bits per heavy atom. The molecule has 2 heterocycles. The molecule has 10 heteroatoms. The Morgan fingerprint density at radius 2 is 1.69 bits per heavy atom. The molecular formula is C22H23F6N3O. The lowest BCUT2D eigenvalue weighted by molar-refractivity contribution is -0.138. The van der Waals surface area contributed by atoms with Crippen LogP contribution in [0.4, 0.5) is 37.8 Å². The number of nitrogens with zero attached hydrogens (tertiary/aromatic N) is 2. The third kappa shape index (κ3) is 7.00. The molecule has 1 aliphatic heterocycles. The minimum Gasteiger partial charge on any atom is -0.352 e. The van der Waals surface area contributed by atoms with Crippen molar-refractivity contribution in [2.24, 2.45) is 0 Å². The number of nitrogens with one attached hydrogen (secondary N) is 1. The number of carbonyl (C=O) groups is 1. The number of rotatable bonds is 2. The van der Waals surface area contributed by atoms with Crippen molar-refractivity contribution in [1.82, 2.24) is 4.98 Å². The van der Waals surface area contributed by atoms with E-state index in [4.69, 9.17) is 0 Å². The number of benzene rings is 1. The molecule has 0 saturated heterocycles. The van der Waals surface area contributed by atoms with Crippen LogP contribution in [-0.2, 0) is 17.1 Å². The summed E-state index contributed by atoms with van der Waals surface area (Å²) in [7, 11) is 0. The highest BCUT2D eigenvalue weighted by atomic mass is 19.4. The first-order valence-corrected chi connectivity index (χ1v) is 9.67. The van der Waals surface area contributed by atoms with E-state index in [1.807, 2.05) is 13.0 Å². The van der Waals surface area contributed by atoms with E-state index in [2.05, 4.69) is 10.3 Å². The molecule has 32 heavy (non-hydrogen) atoms. The molecule has 174 valence electrons. The highest BCUT2D eigenvalue weighted by molar-refractivity contribution is 5.88. The lowest BCUT2D eigenvalue weighted by atomic mass is 10.1. The molecule has 0 unspecified atom stereocenters. The topological polar surface area (TPSA) is 45.2 Å². The molecule has 3 rings (SSSR count). The van der Waals surface area contributed by atoms with Gasteiger partial charge in [-0.1, -0.05) is 17.7 Å². The van der Waals surface area contributed by atoms with Crippen molar-refractivity contribution in [1.29, 1.82) is 0 Å². The zero-order valence-corrected chi connectivity index (χ0v) is 17.7. The fraction of sp³-hybridized carbons (Fsp3) is 0.364. The molecule has 1 amide bonds. The maximum absolute atomic E-state index is 12.8. The zero-order chi connectivity index (χ0) is 24.1. The van der Waals surface area contributed by atoms with E-state index in [1.165, 1.54) is 38.2 Å². The number of halogens is 6. The van der Waals surface area contributed by atoms with Crippen LogP contribution in [0.25, 0.3) is 0 Å². The molecule has 0 saturated carbocycles. The van der Waals surface area contributed by atoms with Gasteiger partial charge < -0.3 is 10.2 Å². The van der Waals surface area contributed by atoms with Crippen LogP contribution in [0.15, 0.2) is 48.2 Å². The largest absolute Gasteiger partial charge is 0.419 e. The van der Waals surface area contributed by atoms with E-state index in [0.717, 1.165) is 24.1 Å². The van der Waals surface area contributed by atoms with Crippen LogP contribution in [0.5, 0.6) is 0 Å². The molecule has 1 N–H and O–H groups in total. The molecule has 1 aromatic carbocycles. The summed E-state index contributed by atoms with van der Waals surface area (Å²) < 4.78 is 75.8. The molecule has 0 spiro atoms. The van der Waals surface area contributed by atoms with Gasteiger partial charge in [0.25, 0.3) is 0 Å². The first kappa shape index (κ1) is 25.2. The van der Waals surface area contributed by atoms with Crippen molar-refractivity contribution >= 4 is 17.4 Å². The summed E-state index contributed by atoms with van der Waals surface area (Å²) >= 11 is 0. The second-order valence-corrected chi connectivity index (χ2v) is 7.34. The van der Waals surface area contributed by atoms with Gasteiger partial charge in [0.15, 0.2) is 0 Å². The summed E-state index contributed by atoms with van der Waals surface area (Å²) in [6.07, 6.45) is -4.53. The lowest BCUT2D eigenvalue weighted by Crippen LogP contribution is -2.31. The number of hydrogen-bond donors (Lipinski definition) is 1. The normalized spacial score (nSPS) is 14.3. The molecule has 1 aliphatic rings. The van der Waals surface area contributed by atoms with Crippen LogP contribution in [0.1, 0.15) is 37.0 Å². The number of alkyl halides is 6. The van der Waals surface area contributed by atoms with E-state index in [9.17, 15) is 31.1 Å². The number of amides is 1. The number of carbonyl (C=O) groups excluding carboxylic acids is 1. The van der Waals surface area contributed by atoms with Crippen molar-refractivity contribution < 1.29 is 31.1 Å². The van der Waals surface area contributed by atoms with Crippen LogP contribution < -0.4 is 10.2 Å². The molecule has 0 fully saturated rings. The average Bonchev–Trinajstić information content (AvgIpc) is 2.68. The Labute approximate surface area is 181 Å². The molecule has 4 nitrogen and oxygen atoms in total. The monoisotopic (exact) mass is 459 g/mol. The summed E-state index contributed by atoms with van der Waals surface area (Å²) in [6, 6.07) is 6.09. The van der Waals surface area contributed by atoms with Gasteiger partial charge in [0, 0.05) is 31.9 Å². The van der Waals surface area contributed by atoms with Crippen molar-refractivity contribution in [2.45, 2.75) is 39.5 Å². The van der Waals surface area contributed by atoms with E-state index in [-0.39, 0.29) is 17.1 Å². The fourth-order valence-electron chi connectivity index (χ4n) is 3.17. The van der Waals surface area contributed by atoms with Gasteiger partial charge in [0.2, 0.25) is 5.91 Å². The Hall–Kier alpha value is -3.04. The molecule has 2 aromatic rings. The Kier molecular flexibility index (Phi) is 7.92. The van der Waals surface area contributed by atoms with Crippen molar-refractivity contribution in [3.8, 4) is 0 Å². The smallest absolute Gasteiger partial charge is 0.352 e. The predicted molar refractivity (Wildman–Crippen MR) is 110 cm³/mol. The number of aromatic nitrogens is 1. The van der Waals surface area contributed by atoms with Crippen LogP contribution in [0.2, 0.25) is 0 Å². The van der Waals surface area contributed by atoms with Crippen LogP contribution >= 0.6 is 0 Å². The number of pyridine rings is 1. The molecule has 1 aromatic heterocycles. The van der Waals surface area contributed by atoms with E-state index >= 15 is 0 Å². The molecule has 0 bridgehead atoms. The maximum atomic E-state index is 12.8. The SMILES string of the molecule is CC(=O)Nc1ccc(C)c(C(F)(F)F)c1.CC1=CCCN(c2ncccc2C(F)(F)F)C1. The third-order valence-corrected chi connectivity index (χ3v) is 4.59. The Morgan fingerprint density at radius 3 is 2.25 bits per heavy atom. The molecule has 0 radical (unpaired) electrons. The van der Waals surface area contributed by atoms with Crippen LogP contribution in [-0.4, -0.2) is 24.0 Å². The summed E-state index contributed by atoms with van der Waals surface area (Å²) in [4.78, 5) is 16.2. The van der Waals surface area contributed by atoms with Crippen LogP contribution in [0, 0.1) is 6.92 Å². The van der Waals surface area contributed by atoms with E-state index in [1.54, 1.807) is 4.90 Å². The van der Waals surface area contributed by atoms with Crippen LogP contribution in [0.3, 0.4) is 0 Å². The van der Waals surface area contributed by atoms with Gasteiger partial charge in [-0.15, -0.1) is 0 Å². The van der Waals surface area contributed by atoms with Gasteiger partial charge in [-0.25, -0.2) is 4.98 Å². The van der Waals surface area contributed by atoms with Gasteiger partial charge >= 0.3 is 12.4 Å². The Bertz CT molecular complexity index is 982. The van der Waals surface area contributed by atoms with Gasteiger partial charge in [0.05, 0.1) is 11.1 Å². The van der Waals surface area contributed by atoms with Crippen molar-refractivity contribution in [2.75, 3.05) is 23.3 Å². The van der Waals surface area contributed by atoms with Gasteiger partial charge in [-0.3, -0.25) is 4.79 Å². The first-order valence-electron chi connectivity index (χ1n) is 9.67. The average molecular weight is 459 g/mol.